The Balaban J connectivity index is 2.02. The maximum Gasteiger partial charge on any atom is 0.261 e. The Bertz CT molecular complexity index is 861. The van der Waals surface area contributed by atoms with Gasteiger partial charge in [-0.3, -0.25) is 29.0 Å². The lowest BCUT2D eigenvalue weighted by atomic mass is 9.86. The van der Waals surface area contributed by atoms with Gasteiger partial charge in [0, 0.05) is 33.0 Å². The van der Waals surface area contributed by atoms with Gasteiger partial charge in [0.05, 0.1) is 26.3 Å². The van der Waals surface area contributed by atoms with E-state index in [2.05, 4.69) is 0 Å². The van der Waals surface area contributed by atoms with E-state index in [-0.39, 0.29) is 59.3 Å². The van der Waals surface area contributed by atoms with Crippen molar-refractivity contribution in [3.8, 4) is 0 Å². The predicted molar refractivity (Wildman–Crippen MR) is 88.9 cm³/mol. The zero-order valence-corrected chi connectivity index (χ0v) is 13.6. The summed E-state index contributed by atoms with van der Waals surface area (Å²) in [6, 6.07) is 5.81. The minimum Gasteiger partial charge on any atom is -0.395 e. The average Bonchev–Trinajstić information content (AvgIpc) is 2.64. The van der Waals surface area contributed by atoms with Crippen LogP contribution in [0.2, 0.25) is 0 Å². The first kappa shape index (κ1) is 16.4. The van der Waals surface area contributed by atoms with Crippen molar-refractivity contribution in [2.45, 2.75) is 0 Å². The van der Waals surface area contributed by atoms with Crippen molar-refractivity contribution in [2.24, 2.45) is 0 Å². The van der Waals surface area contributed by atoms with Crippen LogP contribution in [-0.4, -0.2) is 69.9 Å². The number of carbonyl (C=O) groups is 4. The molecule has 0 unspecified atom stereocenters. The molecular weight excluding hydrogens is 340 g/mol. The highest BCUT2D eigenvalue weighted by Crippen LogP contribution is 2.37. The number of benzene rings is 2. The highest BCUT2D eigenvalue weighted by atomic mass is 16.3. The lowest BCUT2D eigenvalue weighted by Gasteiger charge is -2.31. The third-order valence-corrected chi connectivity index (χ3v) is 4.71. The topological polar surface area (TPSA) is 115 Å². The van der Waals surface area contributed by atoms with E-state index in [1.807, 2.05) is 0 Å². The maximum absolute atomic E-state index is 12.6. The fourth-order valence-corrected chi connectivity index (χ4v) is 3.58. The zero-order valence-electron chi connectivity index (χ0n) is 13.6. The van der Waals surface area contributed by atoms with E-state index in [1.54, 1.807) is 0 Å². The van der Waals surface area contributed by atoms with Crippen molar-refractivity contribution >= 4 is 34.4 Å². The molecule has 8 heteroatoms. The van der Waals surface area contributed by atoms with Crippen molar-refractivity contribution in [3.05, 3.63) is 46.5 Å². The fourth-order valence-electron chi connectivity index (χ4n) is 3.58. The van der Waals surface area contributed by atoms with E-state index in [9.17, 15) is 19.2 Å². The second kappa shape index (κ2) is 5.72. The van der Waals surface area contributed by atoms with Gasteiger partial charge in [-0.15, -0.1) is 0 Å². The predicted octanol–water partition coefficient (Wildman–Crippen LogP) is 0.0164. The van der Waals surface area contributed by atoms with Gasteiger partial charge in [-0.1, -0.05) is 0 Å². The van der Waals surface area contributed by atoms with Gasteiger partial charge in [-0.2, -0.15) is 0 Å². The molecule has 2 aromatic carbocycles. The summed E-state index contributed by atoms with van der Waals surface area (Å²) in [5, 5.41) is 18.8. The summed E-state index contributed by atoms with van der Waals surface area (Å²) >= 11 is 0. The molecule has 4 rings (SSSR count). The summed E-state index contributed by atoms with van der Waals surface area (Å²) in [6.07, 6.45) is 0. The first-order chi connectivity index (χ1) is 12.5. The Kier molecular flexibility index (Phi) is 3.60. The summed E-state index contributed by atoms with van der Waals surface area (Å²) in [6.45, 7) is -0.993. The Hall–Kier alpha value is -3.10. The number of nitrogens with zero attached hydrogens (tertiary/aromatic N) is 2. The molecule has 0 bridgehead atoms. The molecule has 2 heterocycles. The molecule has 8 nitrogen and oxygen atoms in total. The molecule has 26 heavy (non-hydrogen) atoms. The largest absolute Gasteiger partial charge is 0.395 e. The Morgan fingerprint density at radius 1 is 0.577 bits per heavy atom. The van der Waals surface area contributed by atoms with Crippen LogP contribution in [0.3, 0.4) is 0 Å². The number of rotatable bonds is 4. The van der Waals surface area contributed by atoms with Crippen LogP contribution in [0.5, 0.6) is 0 Å². The fraction of sp³-hybridized carbons (Fsp3) is 0.222. The molecule has 2 aliphatic rings. The van der Waals surface area contributed by atoms with E-state index in [4.69, 9.17) is 10.2 Å². The number of hydrogen-bond acceptors (Lipinski definition) is 6. The van der Waals surface area contributed by atoms with Crippen LogP contribution in [0.1, 0.15) is 41.4 Å². The van der Waals surface area contributed by atoms with E-state index < -0.39 is 23.6 Å². The SMILES string of the molecule is O=C1c2ccc3c4c(ccc(c24)C(=O)N1CCO)C(=O)N(CCO)C3=O. The number of aliphatic hydroxyl groups excluding tert-OH is 2. The van der Waals surface area contributed by atoms with Gasteiger partial charge in [0.25, 0.3) is 23.6 Å². The average molecular weight is 354 g/mol. The summed E-state index contributed by atoms with van der Waals surface area (Å²) in [4.78, 5) is 52.5. The molecule has 0 saturated heterocycles. The zero-order chi connectivity index (χ0) is 18.6. The number of amides is 4. The van der Waals surface area contributed by atoms with Gasteiger partial charge < -0.3 is 10.2 Å². The molecule has 132 valence electrons. The van der Waals surface area contributed by atoms with Crippen LogP contribution >= 0.6 is 0 Å². The molecule has 0 radical (unpaired) electrons. The third-order valence-electron chi connectivity index (χ3n) is 4.71. The minimum atomic E-state index is -0.571. The van der Waals surface area contributed by atoms with Crippen molar-refractivity contribution in [1.29, 1.82) is 0 Å². The molecule has 0 aliphatic carbocycles. The second-order valence-corrected chi connectivity index (χ2v) is 6.04. The first-order valence-electron chi connectivity index (χ1n) is 8.05. The van der Waals surface area contributed by atoms with Gasteiger partial charge in [0.2, 0.25) is 0 Å². The molecule has 2 N–H and O–H groups in total. The summed E-state index contributed by atoms with van der Waals surface area (Å²) in [5.41, 5.74) is 0.851. The van der Waals surface area contributed by atoms with Crippen molar-refractivity contribution in [3.63, 3.8) is 0 Å². The minimum absolute atomic E-state index is 0.135. The van der Waals surface area contributed by atoms with Crippen LogP contribution < -0.4 is 0 Å². The number of β-amino-alcohol motifs (C(OH)–C–C–N with tert-alkyl or cyclic N) is 2. The third kappa shape index (κ3) is 1.97. The van der Waals surface area contributed by atoms with Gasteiger partial charge in [-0.25, -0.2) is 0 Å². The van der Waals surface area contributed by atoms with Crippen LogP contribution in [0, 0.1) is 0 Å². The highest BCUT2D eigenvalue weighted by molar-refractivity contribution is 6.33. The normalized spacial score (nSPS) is 16.1. The van der Waals surface area contributed by atoms with Gasteiger partial charge in [-0.05, 0) is 24.3 Å². The van der Waals surface area contributed by atoms with Crippen LogP contribution in [0.25, 0.3) is 10.8 Å². The summed E-state index contributed by atoms with van der Waals surface area (Å²) in [5.74, 6) is -2.29. The maximum atomic E-state index is 12.6. The molecule has 0 spiro atoms. The Morgan fingerprint density at radius 3 is 1.08 bits per heavy atom. The molecule has 4 amide bonds. The highest BCUT2D eigenvalue weighted by Gasteiger charge is 2.39. The Morgan fingerprint density at radius 2 is 0.846 bits per heavy atom. The van der Waals surface area contributed by atoms with Crippen molar-refractivity contribution in [1.82, 2.24) is 9.80 Å². The van der Waals surface area contributed by atoms with E-state index in [1.165, 1.54) is 24.3 Å². The first-order valence-corrected chi connectivity index (χ1v) is 8.05. The van der Waals surface area contributed by atoms with Gasteiger partial charge in [0.15, 0.2) is 0 Å². The number of hydrogen-bond donors (Lipinski definition) is 2. The molecule has 2 aliphatic heterocycles. The number of imide groups is 2. The smallest absolute Gasteiger partial charge is 0.261 e. The van der Waals surface area contributed by atoms with E-state index in [0.29, 0.717) is 0 Å². The molecular formula is C18H14N2O6. The standard InChI is InChI=1S/C18H14N2O6/c21-7-5-19-15(23)9-1-2-10-14-12(4-3-11(13(9)14)17(19)25)18(26)20(6-8-22)16(10)24/h1-4,21-22H,5-8H2. The van der Waals surface area contributed by atoms with Crippen LogP contribution in [-0.2, 0) is 0 Å². The van der Waals surface area contributed by atoms with Crippen LogP contribution in [0.4, 0.5) is 0 Å². The summed E-state index contributed by atoms with van der Waals surface area (Å²) in [7, 11) is 0. The quantitative estimate of drug-likeness (QED) is 0.748. The van der Waals surface area contributed by atoms with Crippen molar-refractivity contribution < 1.29 is 29.4 Å². The van der Waals surface area contributed by atoms with Gasteiger partial charge >= 0.3 is 0 Å². The summed E-state index contributed by atoms with van der Waals surface area (Å²) < 4.78 is 0. The van der Waals surface area contributed by atoms with Crippen molar-refractivity contribution in [2.75, 3.05) is 26.3 Å². The lowest BCUT2D eigenvalue weighted by molar-refractivity contribution is 0.0560. The Labute approximate surface area is 147 Å². The number of aliphatic hydroxyl groups is 2. The van der Waals surface area contributed by atoms with E-state index in [0.717, 1.165) is 9.80 Å². The second-order valence-electron chi connectivity index (χ2n) is 6.04. The molecule has 2 aromatic rings. The molecule has 0 atom stereocenters. The lowest BCUT2D eigenvalue weighted by Crippen LogP contribution is -2.44. The monoisotopic (exact) mass is 354 g/mol. The van der Waals surface area contributed by atoms with Gasteiger partial charge in [0.1, 0.15) is 0 Å². The molecule has 0 aromatic heterocycles. The van der Waals surface area contributed by atoms with Crippen LogP contribution in [0.15, 0.2) is 24.3 Å². The molecule has 0 fully saturated rings. The molecule has 0 saturated carbocycles. The number of carbonyl (C=O) groups excluding carboxylic acids is 4. The van der Waals surface area contributed by atoms with E-state index >= 15 is 0 Å².